The van der Waals surface area contributed by atoms with Crippen molar-refractivity contribution in [3.8, 4) is 0 Å². The molecule has 2 N–H and O–H groups in total. The molecule has 0 aromatic heterocycles. The Bertz CT molecular complexity index is 728. The van der Waals surface area contributed by atoms with Gasteiger partial charge in [0.2, 0.25) is 0 Å². The van der Waals surface area contributed by atoms with Gasteiger partial charge in [0.1, 0.15) is 5.82 Å². The molecule has 3 rings (SSSR count). The number of nitrogens with zero attached hydrogens (tertiary/aromatic N) is 1. The number of nitrogens with one attached hydrogen (secondary N) is 1. The maximum Gasteiger partial charge on any atom is 0.261 e. The second kappa shape index (κ2) is 6.18. The number of hydrogen-bond acceptors (Lipinski definition) is 4. The summed E-state index contributed by atoms with van der Waals surface area (Å²) in [4.78, 5) is 25.4. The number of carbonyl (C=O) groups excluding carboxylic acids is 2. The van der Waals surface area contributed by atoms with Gasteiger partial charge in [0.15, 0.2) is 0 Å². The van der Waals surface area contributed by atoms with Gasteiger partial charge in [0, 0.05) is 6.54 Å². The van der Waals surface area contributed by atoms with Gasteiger partial charge in [-0.2, -0.15) is 0 Å². The second-order valence-electron chi connectivity index (χ2n) is 5.28. The summed E-state index contributed by atoms with van der Waals surface area (Å²) in [7, 11) is 0. The number of benzene rings is 2. The summed E-state index contributed by atoms with van der Waals surface area (Å²) >= 11 is 0. The summed E-state index contributed by atoms with van der Waals surface area (Å²) < 4.78 is 13.5. The first-order chi connectivity index (χ1) is 11.1. The zero-order valence-corrected chi connectivity index (χ0v) is 12.2. The van der Waals surface area contributed by atoms with E-state index in [1.165, 1.54) is 6.07 Å². The van der Waals surface area contributed by atoms with Crippen LogP contribution in [0.3, 0.4) is 0 Å². The van der Waals surface area contributed by atoms with Crippen LogP contribution in [0.1, 0.15) is 20.7 Å². The van der Waals surface area contributed by atoms with Crippen molar-refractivity contribution in [1.82, 2.24) is 4.90 Å². The lowest BCUT2D eigenvalue weighted by Gasteiger charge is -2.19. The molecule has 0 bridgehead atoms. The molecule has 0 aliphatic carbocycles. The van der Waals surface area contributed by atoms with E-state index in [4.69, 9.17) is 0 Å². The average molecular weight is 314 g/mol. The van der Waals surface area contributed by atoms with Crippen LogP contribution in [0.15, 0.2) is 48.5 Å². The highest BCUT2D eigenvalue weighted by molar-refractivity contribution is 6.21. The van der Waals surface area contributed by atoms with Gasteiger partial charge >= 0.3 is 0 Å². The number of fused-ring (bicyclic) bond motifs is 1. The third-order valence-electron chi connectivity index (χ3n) is 3.67. The predicted molar refractivity (Wildman–Crippen MR) is 82.7 cm³/mol. The van der Waals surface area contributed by atoms with E-state index in [-0.39, 0.29) is 18.8 Å². The van der Waals surface area contributed by atoms with Crippen molar-refractivity contribution in [3.05, 3.63) is 65.5 Å². The Morgan fingerprint density at radius 2 is 1.57 bits per heavy atom. The van der Waals surface area contributed by atoms with E-state index in [0.717, 1.165) is 4.90 Å². The van der Waals surface area contributed by atoms with Crippen molar-refractivity contribution in [2.24, 2.45) is 0 Å². The third kappa shape index (κ3) is 2.93. The Balaban J connectivity index is 1.63. The lowest BCUT2D eigenvalue weighted by Crippen LogP contribution is -2.39. The summed E-state index contributed by atoms with van der Waals surface area (Å²) in [5.41, 5.74) is 0.937. The van der Waals surface area contributed by atoms with Gasteiger partial charge in [-0.25, -0.2) is 4.39 Å². The Labute approximate surface area is 132 Å². The Hall–Kier alpha value is -2.73. The maximum absolute atomic E-state index is 13.5. The van der Waals surface area contributed by atoms with Crippen LogP contribution >= 0.6 is 0 Å². The van der Waals surface area contributed by atoms with Crippen LogP contribution in [0.25, 0.3) is 0 Å². The van der Waals surface area contributed by atoms with E-state index in [9.17, 15) is 19.1 Å². The fraction of sp³-hybridized carbons (Fsp3) is 0.176. The van der Waals surface area contributed by atoms with Crippen molar-refractivity contribution in [3.63, 3.8) is 0 Å². The molecule has 2 amide bonds. The minimum absolute atomic E-state index is 0.0222. The van der Waals surface area contributed by atoms with Crippen LogP contribution in [-0.4, -0.2) is 41.0 Å². The fourth-order valence-electron chi connectivity index (χ4n) is 2.51. The van der Waals surface area contributed by atoms with Crippen molar-refractivity contribution in [2.45, 2.75) is 6.10 Å². The standard InChI is InChI=1S/C17H15FN2O3/c18-14-7-3-4-8-15(14)19-9-11(21)10-20-16(22)12-5-1-2-6-13(12)17(20)23/h1-8,11,19,21H,9-10H2. The molecule has 5 nitrogen and oxygen atoms in total. The monoisotopic (exact) mass is 314 g/mol. The van der Waals surface area contributed by atoms with Gasteiger partial charge in [-0.1, -0.05) is 24.3 Å². The predicted octanol–water partition coefficient (Wildman–Crippen LogP) is 1.89. The molecule has 118 valence electrons. The summed E-state index contributed by atoms with van der Waals surface area (Å²) in [5, 5.41) is 12.8. The molecule has 0 saturated carbocycles. The van der Waals surface area contributed by atoms with Gasteiger partial charge in [-0.15, -0.1) is 0 Å². The lowest BCUT2D eigenvalue weighted by molar-refractivity contribution is 0.0557. The zero-order chi connectivity index (χ0) is 16.4. The van der Waals surface area contributed by atoms with E-state index in [2.05, 4.69) is 5.32 Å². The Kier molecular flexibility index (Phi) is 4.08. The number of aliphatic hydroxyl groups excluding tert-OH is 1. The number of aliphatic hydroxyl groups is 1. The van der Waals surface area contributed by atoms with Crippen LogP contribution in [0, 0.1) is 5.82 Å². The molecule has 1 aliphatic rings. The van der Waals surface area contributed by atoms with E-state index in [0.29, 0.717) is 11.1 Å². The first-order valence-corrected chi connectivity index (χ1v) is 7.19. The number of β-amino-alcohol motifs (C(OH)–C–C–N with tert-alkyl or cyclic N) is 1. The highest BCUT2D eigenvalue weighted by Crippen LogP contribution is 2.22. The number of halogens is 1. The van der Waals surface area contributed by atoms with Crippen molar-refractivity contribution >= 4 is 17.5 Å². The average Bonchev–Trinajstić information content (AvgIpc) is 2.80. The topological polar surface area (TPSA) is 69.6 Å². The number of rotatable bonds is 5. The van der Waals surface area contributed by atoms with Gasteiger partial charge in [-0.3, -0.25) is 14.5 Å². The van der Waals surface area contributed by atoms with Gasteiger partial charge in [0.05, 0.1) is 29.5 Å². The molecule has 0 spiro atoms. The van der Waals surface area contributed by atoms with E-state index < -0.39 is 23.7 Å². The lowest BCUT2D eigenvalue weighted by atomic mass is 10.1. The third-order valence-corrected chi connectivity index (χ3v) is 3.67. The quantitative estimate of drug-likeness (QED) is 0.827. The number of para-hydroxylation sites is 1. The van der Waals surface area contributed by atoms with E-state index >= 15 is 0 Å². The van der Waals surface area contributed by atoms with Gasteiger partial charge < -0.3 is 10.4 Å². The SMILES string of the molecule is O=C1c2ccccc2C(=O)N1CC(O)CNc1ccccc1F. The van der Waals surface area contributed by atoms with E-state index in [1.807, 2.05) is 0 Å². The summed E-state index contributed by atoms with van der Waals surface area (Å²) in [6, 6.07) is 12.6. The molecule has 1 atom stereocenters. The zero-order valence-electron chi connectivity index (χ0n) is 12.2. The van der Waals surface area contributed by atoms with Gasteiger partial charge in [-0.05, 0) is 24.3 Å². The van der Waals surface area contributed by atoms with Crippen LogP contribution in [0.2, 0.25) is 0 Å². The Morgan fingerprint density at radius 1 is 1.00 bits per heavy atom. The van der Waals surface area contributed by atoms with Crippen LogP contribution in [0.5, 0.6) is 0 Å². The molecule has 0 fully saturated rings. The first-order valence-electron chi connectivity index (χ1n) is 7.19. The van der Waals surface area contributed by atoms with Crippen molar-refractivity contribution < 1.29 is 19.1 Å². The smallest absolute Gasteiger partial charge is 0.261 e. The summed E-state index contributed by atoms with van der Waals surface area (Å²) in [6.45, 7) is -0.123. The molecule has 23 heavy (non-hydrogen) atoms. The minimum atomic E-state index is -1.00. The number of carbonyl (C=O) groups is 2. The molecule has 1 aliphatic heterocycles. The minimum Gasteiger partial charge on any atom is -0.389 e. The molecule has 2 aromatic carbocycles. The van der Waals surface area contributed by atoms with Crippen LogP contribution < -0.4 is 5.32 Å². The second-order valence-corrected chi connectivity index (χ2v) is 5.28. The number of imide groups is 1. The van der Waals surface area contributed by atoms with Crippen LogP contribution in [0.4, 0.5) is 10.1 Å². The molecule has 2 aromatic rings. The summed E-state index contributed by atoms with van der Waals surface area (Å²) in [5.74, 6) is -1.27. The fourth-order valence-corrected chi connectivity index (χ4v) is 2.51. The number of anilines is 1. The van der Waals surface area contributed by atoms with Crippen molar-refractivity contribution in [1.29, 1.82) is 0 Å². The van der Waals surface area contributed by atoms with Crippen LogP contribution in [-0.2, 0) is 0 Å². The van der Waals surface area contributed by atoms with Gasteiger partial charge in [0.25, 0.3) is 11.8 Å². The normalized spacial score (nSPS) is 14.8. The first kappa shape index (κ1) is 15.2. The number of hydrogen-bond donors (Lipinski definition) is 2. The molecule has 0 radical (unpaired) electrons. The largest absolute Gasteiger partial charge is 0.389 e. The Morgan fingerprint density at radius 3 is 2.17 bits per heavy atom. The molecule has 6 heteroatoms. The highest BCUT2D eigenvalue weighted by atomic mass is 19.1. The maximum atomic E-state index is 13.5. The molecular formula is C17H15FN2O3. The molecule has 1 unspecified atom stereocenters. The van der Waals surface area contributed by atoms with Crippen molar-refractivity contribution in [2.75, 3.05) is 18.4 Å². The number of amides is 2. The molecular weight excluding hydrogens is 299 g/mol. The highest BCUT2D eigenvalue weighted by Gasteiger charge is 2.35. The van der Waals surface area contributed by atoms with E-state index in [1.54, 1.807) is 42.5 Å². The summed E-state index contributed by atoms with van der Waals surface area (Å²) in [6.07, 6.45) is -1.00. The molecule has 1 heterocycles. The molecule has 0 saturated heterocycles.